The molecule has 1 aliphatic rings. The second kappa shape index (κ2) is 7.11. The van der Waals surface area contributed by atoms with Gasteiger partial charge in [0.25, 0.3) is 0 Å². The van der Waals surface area contributed by atoms with Crippen molar-refractivity contribution in [1.82, 2.24) is 0 Å². The quantitative estimate of drug-likeness (QED) is 0.896. The van der Waals surface area contributed by atoms with Crippen molar-refractivity contribution in [3.8, 4) is 28.7 Å². The van der Waals surface area contributed by atoms with E-state index >= 15 is 0 Å². The molecule has 0 fully saturated rings. The van der Waals surface area contributed by atoms with Crippen LogP contribution < -0.4 is 23.7 Å². The Labute approximate surface area is 146 Å². The Hall–Kier alpha value is -2.60. The van der Waals surface area contributed by atoms with Gasteiger partial charge in [-0.05, 0) is 17.7 Å². The zero-order chi connectivity index (χ0) is 18.0. The van der Waals surface area contributed by atoms with Crippen LogP contribution in [0.25, 0.3) is 0 Å². The minimum atomic E-state index is -0.706. The standard InChI is InChI=1S/C19H22O6/c1-21-12-8-17(24-4)19-13(20)10-15(25-18(19)9-12)11-5-6-14(22-2)16(7-11)23-3/h5-9,13,15,20H,10H2,1-4H3/t13-,15-/m0/s1. The van der Waals surface area contributed by atoms with Gasteiger partial charge in [0.15, 0.2) is 11.5 Å². The van der Waals surface area contributed by atoms with Crippen LogP contribution >= 0.6 is 0 Å². The lowest BCUT2D eigenvalue weighted by Gasteiger charge is -2.31. The minimum absolute atomic E-state index is 0.320. The summed E-state index contributed by atoms with van der Waals surface area (Å²) in [5.41, 5.74) is 1.53. The molecule has 0 saturated heterocycles. The maximum absolute atomic E-state index is 10.6. The Kier molecular flexibility index (Phi) is 4.90. The number of benzene rings is 2. The highest BCUT2D eigenvalue weighted by atomic mass is 16.5. The van der Waals surface area contributed by atoms with Crippen molar-refractivity contribution in [3.63, 3.8) is 0 Å². The summed E-state index contributed by atoms with van der Waals surface area (Å²) in [5, 5.41) is 10.6. The van der Waals surface area contributed by atoms with Gasteiger partial charge < -0.3 is 28.8 Å². The highest BCUT2D eigenvalue weighted by Gasteiger charge is 2.32. The third kappa shape index (κ3) is 3.17. The Bertz CT molecular complexity index is 758. The summed E-state index contributed by atoms with van der Waals surface area (Å²) in [4.78, 5) is 0. The summed E-state index contributed by atoms with van der Waals surface area (Å²) in [7, 11) is 6.31. The van der Waals surface area contributed by atoms with Crippen LogP contribution in [0.15, 0.2) is 30.3 Å². The third-order valence-corrected chi connectivity index (χ3v) is 4.35. The Morgan fingerprint density at radius 3 is 2.24 bits per heavy atom. The smallest absolute Gasteiger partial charge is 0.161 e. The lowest BCUT2D eigenvalue weighted by Crippen LogP contribution is -2.20. The van der Waals surface area contributed by atoms with E-state index in [0.717, 1.165) is 5.56 Å². The van der Waals surface area contributed by atoms with E-state index in [0.29, 0.717) is 40.7 Å². The number of aliphatic hydroxyl groups excluding tert-OH is 1. The minimum Gasteiger partial charge on any atom is -0.496 e. The van der Waals surface area contributed by atoms with E-state index in [1.54, 1.807) is 40.6 Å². The van der Waals surface area contributed by atoms with Crippen molar-refractivity contribution in [2.24, 2.45) is 0 Å². The molecule has 2 atom stereocenters. The van der Waals surface area contributed by atoms with Gasteiger partial charge in [0.1, 0.15) is 23.4 Å². The predicted molar refractivity (Wildman–Crippen MR) is 92.0 cm³/mol. The molecule has 0 spiro atoms. The average Bonchev–Trinajstić information content (AvgIpc) is 2.65. The van der Waals surface area contributed by atoms with Crippen LogP contribution in [0, 0.1) is 0 Å². The van der Waals surface area contributed by atoms with Crippen LogP contribution in [0.2, 0.25) is 0 Å². The topological polar surface area (TPSA) is 66.4 Å². The molecule has 0 unspecified atom stereocenters. The van der Waals surface area contributed by atoms with Gasteiger partial charge in [0.2, 0.25) is 0 Å². The summed E-state index contributed by atoms with van der Waals surface area (Å²) < 4.78 is 27.4. The number of methoxy groups -OCH3 is 4. The first kappa shape index (κ1) is 17.2. The van der Waals surface area contributed by atoms with Crippen molar-refractivity contribution in [2.45, 2.75) is 18.6 Å². The number of rotatable bonds is 5. The van der Waals surface area contributed by atoms with Crippen LogP contribution in [0.5, 0.6) is 28.7 Å². The fraction of sp³-hybridized carbons (Fsp3) is 0.368. The molecule has 6 heteroatoms. The molecule has 25 heavy (non-hydrogen) atoms. The first-order valence-electron chi connectivity index (χ1n) is 7.93. The molecule has 1 N–H and O–H groups in total. The largest absolute Gasteiger partial charge is 0.496 e. The summed E-state index contributed by atoms with van der Waals surface area (Å²) in [6.07, 6.45) is -0.618. The van der Waals surface area contributed by atoms with Gasteiger partial charge in [-0.25, -0.2) is 0 Å². The van der Waals surface area contributed by atoms with Gasteiger partial charge in [0.05, 0.1) is 40.1 Å². The highest BCUT2D eigenvalue weighted by Crippen LogP contribution is 2.47. The Morgan fingerprint density at radius 2 is 1.60 bits per heavy atom. The van der Waals surface area contributed by atoms with Gasteiger partial charge in [-0.15, -0.1) is 0 Å². The van der Waals surface area contributed by atoms with Crippen LogP contribution in [-0.2, 0) is 0 Å². The maximum Gasteiger partial charge on any atom is 0.161 e. The van der Waals surface area contributed by atoms with Crippen molar-refractivity contribution in [1.29, 1.82) is 0 Å². The molecule has 3 rings (SSSR count). The van der Waals surface area contributed by atoms with Crippen LogP contribution in [0.3, 0.4) is 0 Å². The molecule has 0 aliphatic carbocycles. The molecule has 134 valence electrons. The van der Waals surface area contributed by atoms with Crippen molar-refractivity contribution in [2.75, 3.05) is 28.4 Å². The highest BCUT2D eigenvalue weighted by molar-refractivity contribution is 5.53. The molecule has 2 aromatic rings. The van der Waals surface area contributed by atoms with Crippen LogP contribution in [-0.4, -0.2) is 33.5 Å². The lowest BCUT2D eigenvalue weighted by molar-refractivity contribution is 0.0629. The maximum atomic E-state index is 10.6. The zero-order valence-corrected chi connectivity index (χ0v) is 14.7. The first-order valence-corrected chi connectivity index (χ1v) is 7.93. The molecule has 0 amide bonds. The van der Waals surface area contributed by atoms with Crippen LogP contribution in [0.1, 0.15) is 29.8 Å². The first-order chi connectivity index (χ1) is 12.1. The van der Waals surface area contributed by atoms with E-state index in [-0.39, 0.29) is 6.10 Å². The number of aliphatic hydroxyl groups is 1. The van der Waals surface area contributed by atoms with E-state index < -0.39 is 6.10 Å². The second-order valence-corrected chi connectivity index (χ2v) is 5.71. The Balaban J connectivity index is 1.98. The summed E-state index contributed by atoms with van der Waals surface area (Å²) in [6, 6.07) is 9.08. The molecule has 0 bridgehead atoms. The molecule has 1 aliphatic heterocycles. The molecule has 1 heterocycles. The summed E-state index contributed by atoms with van der Waals surface area (Å²) >= 11 is 0. The summed E-state index contributed by atoms with van der Waals surface area (Å²) in [6.45, 7) is 0. The fourth-order valence-corrected chi connectivity index (χ4v) is 3.07. The number of fused-ring (bicyclic) bond motifs is 1. The second-order valence-electron chi connectivity index (χ2n) is 5.71. The lowest BCUT2D eigenvalue weighted by atomic mass is 9.94. The number of hydrogen-bond acceptors (Lipinski definition) is 6. The van der Waals surface area contributed by atoms with Gasteiger partial charge in [-0.2, -0.15) is 0 Å². The average molecular weight is 346 g/mol. The number of ether oxygens (including phenoxy) is 5. The molecule has 0 saturated carbocycles. The molecular formula is C19H22O6. The molecule has 0 aromatic heterocycles. The van der Waals surface area contributed by atoms with Crippen molar-refractivity contribution >= 4 is 0 Å². The van der Waals surface area contributed by atoms with E-state index in [1.807, 2.05) is 18.2 Å². The van der Waals surface area contributed by atoms with E-state index in [4.69, 9.17) is 23.7 Å². The monoisotopic (exact) mass is 346 g/mol. The van der Waals surface area contributed by atoms with Gasteiger partial charge in [0, 0.05) is 18.6 Å². The van der Waals surface area contributed by atoms with Gasteiger partial charge in [-0.1, -0.05) is 6.07 Å². The fourth-order valence-electron chi connectivity index (χ4n) is 3.07. The van der Waals surface area contributed by atoms with E-state index in [1.165, 1.54) is 0 Å². The number of hydrogen-bond donors (Lipinski definition) is 1. The third-order valence-electron chi connectivity index (χ3n) is 4.35. The summed E-state index contributed by atoms with van der Waals surface area (Å²) in [5.74, 6) is 2.97. The van der Waals surface area contributed by atoms with E-state index in [2.05, 4.69) is 0 Å². The van der Waals surface area contributed by atoms with Gasteiger partial charge in [-0.3, -0.25) is 0 Å². The molecule has 0 radical (unpaired) electrons. The van der Waals surface area contributed by atoms with Crippen LogP contribution in [0.4, 0.5) is 0 Å². The van der Waals surface area contributed by atoms with Gasteiger partial charge >= 0.3 is 0 Å². The van der Waals surface area contributed by atoms with E-state index in [9.17, 15) is 5.11 Å². The predicted octanol–water partition coefficient (Wildman–Crippen LogP) is 3.28. The van der Waals surface area contributed by atoms with Crippen molar-refractivity contribution in [3.05, 3.63) is 41.5 Å². The SMILES string of the molecule is COc1cc(OC)c2c(c1)O[C@H](c1ccc(OC)c(OC)c1)C[C@@H]2O. The zero-order valence-electron chi connectivity index (χ0n) is 14.7. The Morgan fingerprint density at radius 1 is 0.880 bits per heavy atom. The molecular weight excluding hydrogens is 324 g/mol. The van der Waals surface area contributed by atoms with Crippen molar-refractivity contribution < 1.29 is 28.8 Å². The molecule has 6 nitrogen and oxygen atoms in total. The normalized spacial score (nSPS) is 18.8. The molecule has 2 aromatic carbocycles.